The molecule has 1 aromatic rings. The molecule has 3 fully saturated rings. The Kier molecular flexibility index (Phi) is 8.78. The number of rotatable bonds is 6. The summed E-state index contributed by atoms with van der Waals surface area (Å²) in [5.41, 5.74) is -6.61. The van der Waals surface area contributed by atoms with Gasteiger partial charge < -0.3 is 33.9 Å². The Morgan fingerprint density at radius 1 is 1.00 bits per heavy atom. The summed E-state index contributed by atoms with van der Waals surface area (Å²) in [6, 6.07) is 8.01. The number of carbonyl (C=O) groups excluding carboxylic acids is 5. The highest BCUT2D eigenvalue weighted by atomic mass is 16.6. The molecule has 0 radical (unpaired) electrons. The summed E-state index contributed by atoms with van der Waals surface area (Å²) in [6.07, 6.45) is -4.66. The quantitative estimate of drug-likeness (QED) is 0.199. The lowest BCUT2D eigenvalue weighted by Gasteiger charge is -2.67. The van der Waals surface area contributed by atoms with Crippen LogP contribution in [-0.2, 0) is 42.9 Å². The molecule has 1 saturated heterocycles. The molecule has 254 valence electrons. The molecule has 1 aliphatic heterocycles. The average Bonchev–Trinajstić information content (AvgIpc) is 2.99. The van der Waals surface area contributed by atoms with Gasteiger partial charge in [0.15, 0.2) is 17.5 Å². The first-order valence-corrected chi connectivity index (χ1v) is 15.7. The molecule has 2 N–H and O–H groups in total. The van der Waals surface area contributed by atoms with E-state index in [2.05, 4.69) is 0 Å². The molecular formula is C35H42O12. The van der Waals surface area contributed by atoms with Gasteiger partial charge in [-0.25, -0.2) is 9.59 Å². The van der Waals surface area contributed by atoms with Crippen LogP contribution in [0.4, 0.5) is 0 Å². The topological polar surface area (TPSA) is 172 Å². The lowest BCUT2D eigenvalue weighted by atomic mass is 9.44. The Hall–Kier alpha value is -3.87. The second-order valence-electron chi connectivity index (χ2n) is 13.7. The summed E-state index contributed by atoms with van der Waals surface area (Å²) in [7, 11) is 0. The first-order valence-electron chi connectivity index (χ1n) is 15.7. The van der Waals surface area contributed by atoms with Gasteiger partial charge in [0.05, 0.1) is 29.6 Å². The number of allylic oxidation sites excluding steroid dienone is 1. The Morgan fingerprint density at radius 2 is 1.66 bits per heavy atom. The molecule has 0 amide bonds. The van der Waals surface area contributed by atoms with Crippen LogP contribution in [0.1, 0.15) is 71.7 Å². The molecule has 1 heterocycles. The van der Waals surface area contributed by atoms with Gasteiger partial charge in [0.2, 0.25) is 0 Å². The second-order valence-corrected chi connectivity index (χ2v) is 13.7. The zero-order chi connectivity index (χ0) is 34.7. The number of esters is 4. The van der Waals surface area contributed by atoms with Gasteiger partial charge in [-0.15, -0.1) is 0 Å². The number of ether oxygens (including phenoxy) is 5. The molecule has 0 spiro atoms. The fourth-order valence-electron chi connectivity index (χ4n) is 8.33. The van der Waals surface area contributed by atoms with Crippen LogP contribution in [0.15, 0.2) is 53.6 Å². The Bertz CT molecular complexity index is 1540. The van der Waals surface area contributed by atoms with Crippen LogP contribution in [0.5, 0.6) is 0 Å². The van der Waals surface area contributed by atoms with Crippen molar-refractivity contribution in [2.24, 2.45) is 16.7 Å². The molecule has 12 heteroatoms. The van der Waals surface area contributed by atoms with Gasteiger partial charge in [-0.1, -0.05) is 38.1 Å². The Labute approximate surface area is 273 Å². The summed E-state index contributed by atoms with van der Waals surface area (Å²) < 4.78 is 29.6. The normalized spacial score (nSPS) is 37.3. The number of Topliss-reactive ketones (excluding diaryl/α,β-unsaturated/α-hetero) is 1. The third-order valence-corrected chi connectivity index (χ3v) is 10.7. The molecule has 12 nitrogen and oxygen atoms in total. The van der Waals surface area contributed by atoms with Crippen molar-refractivity contribution in [3.05, 3.63) is 59.2 Å². The van der Waals surface area contributed by atoms with Gasteiger partial charge in [-0.05, 0) is 44.1 Å². The largest absolute Gasteiger partial charge is 0.455 e. The van der Waals surface area contributed by atoms with E-state index in [0.717, 1.165) is 6.92 Å². The maximum absolute atomic E-state index is 15.1. The lowest BCUT2D eigenvalue weighted by molar-refractivity contribution is -0.346. The monoisotopic (exact) mass is 654 g/mol. The van der Waals surface area contributed by atoms with Crippen LogP contribution in [0.3, 0.4) is 0 Å². The summed E-state index contributed by atoms with van der Waals surface area (Å²) in [5, 5.41) is 25.1. The van der Waals surface area contributed by atoms with E-state index in [1.165, 1.54) is 38.1 Å². The average molecular weight is 655 g/mol. The number of hydrogen-bond donors (Lipinski definition) is 2. The van der Waals surface area contributed by atoms with Crippen molar-refractivity contribution in [2.45, 2.75) is 103 Å². The number of aliphatic hydroxyl groups excluding tert-OH is 1. The second kappa shape index (κ2) is 12.0. The number of carbonyl (C=O) groups is 5. The SMILES string of the molecule is C/C=C/C(=O)O[C@H]1C[C@]2(O)[C@@H](OC(=O)c3ccccc3)[C@@H]3[C@]4(OC(C)=O)CO[C@@H]4C[C@H](O)[C@@]3(C)C(=O)[C@H](OC(C)=O)C(=C1C)C2(C)C. The van der Waals surface area contributed by atoms with E-state index in [9.17, 15) is 29.4 Å². The predicted molar refractivity (Wildman–Crippen MR) is 163 cm³/mol. The van der Waals surface area contributed by atoms with Crippen molar-refractivity contribution in [2.75, 3.05) is 6.61 Å². The van der Waals surface area contributed by atoms with Crippen LogP contribution in [0, 0.1) is 16.7 Å². The molecular weight excluding hydrogens is 612 g/mol. The fraction of sp³-hybridized carbons (Fsp3) is 0.571. The summed E-state index contributed by atoms with van der Waals surface area (Å²) in [6.45, 7) is 10.0. The molecule has 3 aliphatic carbocycles. The maximum Gasteiger partial charge on any atom is 0.338 e. The number of fused-ring (bicyclic) bond motifs is 5. The first kappa shape index (κ1) is 34.5. The molecule has 0 aromatic heterocycles. The molecule has 47 heavy (non-hydrogen) atoms. The molecule has 5 rings (SSSR count). The first-order chi connectivity index (χ1) is 22.0. The molecule has 2 bridgehead atoms. The van der Waals surface area contributed by atoms with E-state index in [-0.39, 0.29) is 30.6 Å². The zero-order valence-electron chi connectivity index (χ0n) is 27.6. The van der Waals surface area contributed by atoms with E-state index in [0.29, 0.717) is 5.57 Å². The van der Waals surface area contributed by atoms with Crippen LogP contribution in [0.25, 0.3) is 0 Å². The van der Waals surface area contributed by atoms with Gasteiger partial charge in [0.1, 0.15) is 23.9 Å². The van der Waals surface area contributed by atoms with Gasteiger partial charge >= 0.3 is 23.9 Å². The predicted octanol–water partition coefficient (Wildman–Crippen LogP) is 2.78. The zero-order valence-corrected chi connectivity index (χ0v) is 27.6. The highest BCUT2D eigenvalue weighted by Crippen LogP contribution is 2.64. The molecule has 4 aliphatic rings. The maximum atomic E-state index is 15.1. The van der Waals surface area contributed by atoms with Gasteiger partial charge in [0.25, 0.3) is 0 Å². The number of benzene rings is 1. The summed E-state index contributed by atoms with van der Waals surface area (Å²) in [5.74, 6) is -5.29. The van der Waals surface area contributed by atoms with Crippen molar-refractivity contribution in [1.29, 1.82) is 0 Å². The lowest BCUT2D eigenvalue weighted by Crippen LogP contribution is -2.82. The van der Waals surface area contributed by atoms with E-state index < -0.39 is 88.1 Å². The van der Waals surface area contributed by atoms with Crippen molar-refractivity contribution in [1.82, 2.24) is 0 Å². The number of hydrogen-bond acceptors (Lipinski definition) is 12. The Balaban J connectivity index is 1.85. The van der Waals surface area contributed by atoms with Crippen molar-refractivity contribution >= 4 is 29.7 Å². The van der Waals surface area contributed by atoms with E-state index >= 15 is 4.79 Å². The minimum absolute atomic E-state index is 0.137. The van der Waals surface area contributed by atoms with E-state index in [4.69, 9.17) is 23.7 Å². The molecule has 2 saturated carbocycles. The van der Waals surface area contributed by atoms with E-state index in [1.54, 1.807) is 45.9 Å². The highest BCUT2D eigenvalue weighted by Gasteiger charge is 2.78. The minimum atomic E-state index is -2.18. The molecule has 0 unspecified atom stereocenters. The smallest absolute Gasteiger partial charge is 0.338 e. The van der Waals surface area contributed by atoms with Crippen LogP contribution < -0.4 is 0 Å². The fourth-order valence-corrected chi connectivity index (χ4v) is 8.33. The van der Waals surface area contributed by atoms with Crippen LogP contribution >= 0.6 is 0 Å². The third kappa shape index (κ3) is 5.21. The molecule has 9 atom stereocenters. The standard InChI is InChI=1S/C35H42O12/c1-8-12-25(39)45-22-16-35(42)30(46-31(41)21-13-10-9-11-14-21)28-33(7,23(38)15-24-34(28,17-43-24)47-20(4)37)29(40)27(44-19(3)36)26(18(22)2)32(35,5)6/h8-14,22-24,27-28,30,38,42H,15-17H2,1-7H3/b12-8+/t22-,23-,24+,27+,28-,30-,33+,34-,35-/m0/s1. The number of ketones is 1. The Morgan fingerprint density at radius 3 is 2.21 bits per heavy atom. The summed E-state index contributed by atoms with van der Waals surface area (Å²) >= 11 is 0. The van der Waals surface area contributed by atoms with Gasteiger partial charge in [-0.2, -0.15) is 0 Å². The van der Waals surface area contributed by atoms with Crippen LogP contribution in [0.2, 0.25) is 0 Å². The van der Waals surface area contributed by atoms with Crippen molar-refractivity contribution < 1.29 is 57.9 Å². The van der Waals surface area contributed by atoms with Crippen LogP contribution in [-0.4, -0.2) is 88.2 Å². The van der Waals surface area contributed by atoms with E-state index in [1.807, 2.05) is 0 Å². The summed E-state index contributed by atoms with van der Waals surface area (Å²) in [4.78, 5) is 67.2. The van der Waals surface area contributed by atoms with Gasteiger partial charge in [-0.3, -0.25) is 14.4 Å². The molecule has 1 aromatic carbocycles. The van der Waals surface area contributed by atoms with Gasteiger partial charge in [0, 0.05) is 38.2 Å². The van der Waals surface area contributed by atoms with Crippen molar-refractivity contribution in [3.8, 4) is 0 Å². The minimum Gasteiger partial charge on any atom is -0.455 e. The third-order valence-electron chi connectivity index (χ3n) is 10.7. The van der Waals surface area contributed by atoms with Crippen molar-refractivity contribution in [3.63, 3.8) is 0 Å². The number of aliphatic hydroxyl groups is 2. The highest BCUT2D eigenvalue weighted by molar-refractivity contribution is 5.95.